The van der Waals surface area contributed by atoms with E-state index in [1.54, 1.807) is 13.8 Å². The molecule has 0 N–H and O–H groups in total. The number of non-ortho nitro benzene ring substituents is 1. The quantitative estimate of drug-likeness (QED) is 0.242. The SMILES string of the molecule is CC[C@H](C)c1cc([N+](=O)[O-])cc([N+](=O)[O-])c1OC(=O)OCCCl. The van der Waals surface area contributed by atoms with Crippen molar-refractivity contribution in [3.05, 3.63) is 37.9 Å². The molecule has 0 spiro atoms. The molecule has 0 aliphatic rings. The number of alkyl halides is 1. The fourth-order valence-corrected chi connectivity index (χ4v) is 1.87. The molecule has 0 aliphatic heterocycles. The van der Waals surface area contributed by atoms with E-state index in [0.717, 1.165) is 12.1 Å². The molecule has 23 heavy (non-hydrogen) atoms. The van der Waals surface area contributed by atoms with E-state index in [1.165, 1.54) is 0 Å². The van der Waals surface area contributed by atoms with Crippen molar-refractivity contribution in [3.8, 4) is 5.75 Å². The van der Waals surface area contributed by atoms with Crippen LogP contribution >= 0.6 is 11.6 Å². The Labute approximate surface area is 136 Å². The van der Waals surface area contributed by atoms with Gasteiger partial charge in [-0.15, -0.1) is 11.6 Å². The van der Waals surface area contributed by atoms with Crippen LogP contribution < -0.4 is 4.74 Å². The Bertz CT molecular complexity index is 621. The minimum absolute atomic E-state index is 0.0374. The summed E-state index contributed by atoms with van der Waals surface area (Å²) in [5.41, 5.74) is -0.929. The van der Waals surface area contributed by atoms with E-state index in [9.17, 15) is 25.0 Å². The molecule has 0 saturated heterocycles. The highest BCUT2D eigenvalue weighted by Gasteiger charge is 2.29. The number of ether oxygens (including phenoxy) is 2. The molecule has 9 nitrogen and oxygen atoms in total. The van der Waals surface area contributed by atoms with Gasteiger partial charge >= 0.3 is 11.8 Å². The number of benzene rings is 1. The molecule has 1 aromatic carbocycles. The van der Waals surface area contributed by atoms with Crippen LogP contribution in [0.1, 0.15) is 31.7 Å². The lowest BCUT2D eigenvalue weighted by molar-refractivity contribution is -0.394. The van der Waals surface area contributed by atoms with Crippen LogP contribution in [0.2, 0.25) is 0 Å². The average molecular weight is 347 g/mol. The maximum absolute atomic E-state index is 11.6. The number of hydrogen-bond acceptors (Lipinski definition) is 7. The molecular formula is C13H15ClN2O7. The van der Waals surface area contributed by atoms with Crippen LogP contribution in [0.15, 0.2) is 12.1 Å². The summed E-state index contributed by atoms with van der Waals surface area (Å²) in [6, 6.07) is 1.90. The lowest BCUT2D eigenvalue weighted by Gasteiger charge is -2.14. The first-order chi connectivity index (χ1) is 10.8. The molecule has 0 heterocycles. The van der Waals surface area contributed by atoms with Gasteiger partial charge in [0.25, 0.3) is 5.69 Å². The number of nitrogens with zero attached hydrogens (tertiary/aromatic N) is 2. The number of rotatable bonds is 7. The maximum atomic E-state index is 11.6. The first kappa shape index (κ1) is 18.6. The number of halogens is 1. The molecule has 0 fully saturated rings. The Morgan fingerprint density at radius 2 is 1.96 bits per heavy atom. The van der Waals surface area contributed by atoms with Gasteiger partial charge in [-0.05, 0) is 12.3 Å². The van der Waals surface area contributed by atoms with Crippen LogP contribution in [0.4, 0.5) is 16.2 Å². The third-order valence-corrected chi connectivity index (χ3v) is 3.27. The predicted molar refractivity (Wildman–Crippen MR) is 81.2 cm³/mol. The van der Waals surface area contributed by atoms with Crippen molar-refractivity contribution in [2.24, 2.45) is 0 Å². The molecule has 0 radical (unpaired) electrons. The van der Waals surface area contributed by atoms with E-state index in [4.69, 9.17) is 16.3 Å². The Morgan fingerprint density at radius 3 is 2.43 bits per heavy atom. The van der Waals surface area contributed by atoms with Crippen LogP contribution in [0, 0.1) is 20.2 Å². The van der Waals surface area contributed by atoms with Gasteiger partial charge in [-0.1, -0.05) is 13.8 Å². The average Bonchev–Trinajstić information content (AvgIpc) is 2.51. The minimum atomic E-state index is -1.16. The van der Waals surface area contributed by atoms with Gasteiger partial charge in [0, 0.05) is 11.6 Å². The molecule has 0 unspecified atom stereocenters. The van der Waals surface area contributed by atoms with Crippen LogP contribution in [-0.2, 0) is 4.74 Å². The molecular weight excluding hydrogens is 332 g/mol. The zero-order chi connectivity index (χ0) is 17.6. The van der Waals surface area contributed by atoms with E-state index < -0.39 is 27.4 Å². The molecule has 0 aliphatic carbocycles. The van der Waals surface area contributed by atoms with Gasteiger partial charge in [0.2, 0.25) is 5.75 Å². The molecule has 0 aromatic heterocycles. The summed E-state index contributed by atoms with van der Waals surface area (Å²) in [6.45, 7) is 3.38. The lowest BCUT2D eigenvalue weighted by atomic mass is 9.96. The number of carbonyl (C=O) groups is 1. The Kier molecular flexibility index (Phi) is 6.70. The largest absolute Gasteiger partial charge is 0.514 e. The molecule has 0 amide bonds. The molecule has 1 aromatic rings. The summed E-state index contributed by atoms with van der Waals surface area (Å²) in [5, 5.41) is 22.1. The first-order valence-corrected chi connectivity index (χ1v) is 7.22. The van der Waals surface area contributed by atoms with Gasteiger partial charge in [-0.3, -0.25) is 20.2 Å². The topological polar surface area (TPSA) is 122 Å². The number of hydrogen-bond donors (Lipinski definition) is 0. The second-order valence-corrected chi connectivity index (χ2v) is 4.97. The van der Waals surface area contributed by atoms with Crippen LogP contribution in [-0.4, -0.2) is 28.5 Å². The van der Waals surface area contributed by atoms with Crippen molar-refractivity contribution in [3.63, 3.8) is 0 Å². The van der Waals surface area contributed by atoms with Crippen molar-refractivity contribution >= 4 is 29.1 Å². The highest BCUT2D eigenvalue weighted by molar-refractivity contribution is 6.18. The second kappa shape index (κ2) is 8.28. The summed E-state index contributed by atoms with van der Waals surface area (Å²) in [7, 11) is 0. The molecule has 0 bridgehead atoms. The first-order valence-electron chi connectivity index (χ1n) is 6.69. The fraction of sp³-hybridized carbons (Fsp3) is 0.462. The summed E-state index contributed by atoms with van der Waals surface area (Å²) in [6.07, 6.45) is -0.627. The Balaban J connectivity index is 3.40. The zero-order valence-electron chi connectivity index (χ0n) is 12.5. The summed E-state index contributed by atoms with van der Waals surface area (Å²) >= 11 is 5.37. The van der Waals surface area contributed by atoms with Crippen molar-refractivity contribution in [2.75, 3.05) is 12.5 Å². The van der Waals surface area contributed by atoms with E-state index in [2.05, 4.69) is 4.74 Å². The third-order valence-electron chi connectivity index (χ3n) is 3.12. The zero-order valence-corrected chi connectivity index (χ0v) is 13.2. The van der Waals surface area contributed by atoms with Crippen molar-refractivity contribution < 1.29 is 24.1 Å². The number of carbonyl (C=O) groups excluding carboxylic acids is 1. The highest BCUT2D eigenvalue weighted by atomic mass is 35.5. The standard InChI is InChI=1S/C13H15ClN2O7/c1-3-8(2)10-6-9(15(18)19)7-11(16(20)21)12(10)23-13(17)22-5-4-14/h6-8H,3-5H2,1-2H3/t8-/m0/s1. The van der Waals surface area contributed by atoms with E-state index in [0.29, 0.717) is 6.42 Å². The van der Waals surface area contributed by atoms with Gasteiger partial charge in [-0.25, -0.2) is 4.79 Å². The van der Waals surface area contributed by atoms with Gasteiger partial charge in [0.05, 0.1) is 21.8 Å². The Morgan fingerprint density at radius 1 is 1.30 bits per heavy atom. The monoisotopic (exact) mass is 346 g/mol. The van der Waals surface area contributed by atoms with Gasteiger partial charge in [-0.2, -0.15) is 0 Å². The third kappa shape index (κ3) is 4.78. The van der Waals surface area contributed by atoms with Crippen molar-refractivity contribution in [1.29, 1.82) is 0 Å². The minimum Gasteiger partial charge on any atom is -0.433 e. The summed E-state index contributed by atoms with van der Waals surface area (Å²) < 4.78 is 9.54. The van der Waals surface area contributed by atoms with Gasteiger partial charge in [0.15, 0.2) is 0 Å². The van der Waals surface area contributed by atoms with Crippen LogP contribution in [0.3, 0.4) is 0 Å². The number of nitro benzene ring substituents is 2. The Hall–Kier alpha value is -2.42. The molecule has 126 valence electrons. The fourth-order valence-electron chi connectivity index (χ4n) is 1.79. The molecule has 1 atom stereocenters. The predicted octanol–water partition coefficient (Wildman–Crippen LogP) is 3.77. The molecule has 10 heteroatoms. The lowest BCUT2D eigenvalue weighted by Crippen LogP contribution is -2.15. The number of nitro groups is 2. The van der Waals surface area contributed by atoms with Crippen molar-refractivity contribution in [1.82, 2.24) is 0 Å². The summed E-state index contributed by atoms with van der Waals surface area (Å²) in [5.74, 6) is -0.616. The van der Waals surface area contributed by atoms with Crippen LogP contribution in [0.25, 0.3) is 0 Å². The van der Waals surface area contributed by atoms with Gasteiger partial charge < -0.3 is 9.47 Å². The van der Waals surface area contributed by atoms with Crippen LogP contribution in [0.5, 0.6) is 5.75 Å². The maximum Gasteiger partial charge on any atom is 0.514 e. The normalized spacial score (nSPS) is 11.6. The van der Waals surface area contributed by atoms with E-state index >= 15 is 0 Å². The van der Waals surface area contributed by atoms with E-state index in [-0.39, 0.29) is 29.7 Å². The molecule has 0 saturated carbocycles. The van der Waals surface area contributed by atoms with Crippen molar-refractivity contribution in [2.45, 2.75) is 26.2 Å². The second-order valence-electron chi connectivity index (χ2n) is 4.60. The summed E-state index contributed by atoms with van der Waals surface area (Å²) in [4.78, 5) is 32.1. The van der Waals surface area contributed by atoms with Gasteiger partial charge in [0.1, 0.15) is 6.61 Å². The highest BCUT2D eigenvalue weighted by Crippen LogP contribution is 2.40. The molecule has 1 rings (SSSR count). The smallest absolute Gasteiger partial charge is 0.433 e. The van der Waals surface area contributed by atoms with E-state index in [1.807, 2.05) is 0 Å².